The maximum absolute atomic E-state index is 9.12. The van der Waals surface area contributed by atoms with Crippen LogP contribution in [0.1, 0.15) is 0 Å². The smallest absolute Gasteiger partial charge is 0.0209 e. The molecular formula is HF3O. The minimum atomic E-state index is 0. The van der Waals surface area contributed by atoms with Gasteiger partial charge in [-0.3, -0.25) is 4.70 Å². The first kappa shape index (κ1) is 9.26. The third kappa shape index (κ3) is 15.8. The molecule has 0 aliphatic carbocycles. The summed E-state index contributed by atoms with van der Waals surface area (Å²) in [5, 5.41) is 1.25. The molecule has 0 spiro atoms. The van der Waals surface area contributed by atoms with Crippen LogP contribution in [0.15, 0.2) is 0 Å². The van der Waals surface area contributed by atoms with Crippen LogP contribution in [0.25, 0.3) is 0 Å². The topological polar surface area (TPSA) is 9.23 Å². The Morgan fingerprint density at radius 3 is 1.25 bits per heavy atom. The predicted octanol–water partition coefficient (Wildman–Crippen LogP) is 0.925. The average Bonchev–Trinajstić information content (AvgIpc) is 0.918. The van der Waals surface area contributed by atoms with Crippen molar-refractivity contribution in [1.29, 1.82) is 0 Å². The summed E-state index contributed by atoms with van der Waals surface area (Å²) in [7, 11) is 0. The molecule has 0 atom stereocenters. The molecular weight excluding hydrogens is 73.0 g/mol. The van der Waals surface area contributed by atoms with Crippen LogP contribution in [0.5, 0.6) is 0 Å². The molecule has 0 unspecified atom stereocenters. The predicted molar refractivity (Wildman–Crippen MR) is 5.80 cm³/mol. The Labute approximate surface area is 20.3 Å². The number of rotatable bonds is 0. The molecule has 1 nitrogen and oxygen atoms in total. The summed E-state index contributed by atoms with van der Waals surface area (Å²) < 4.78 is 18.2. The van der Waals surface area contributed by atoms with Crippen LogP contribution < -0.4 is 0 Å². The third-order valence-corrected chi connectivity index (χ3v) is 0. The fourth-order valence-corrected chi connectivity index (χ4v) is 0. The second-order valence-corrected chi connectivity index (χ2v) is 0.0583. The Bertz CT molecular complexity index is 3.25. The van der Waals surface area contributed by atoms with E-state index in [2.05, 4.69) is 0 Å². The molecule has 0 N–H and O–H groups in total. The molecule has 0 aromatic rings. The maximum Gasteiger partial charge on any atom is 0.0209 e. The maximum atomic E-state index is 9.12. The summed E-state index contributed by atoms with van der Waals surface area (Å²) in [5.74, 6) is 0. The molecule has 0 aromatic carbocycles. The lowest BCUT2D eigenvalue weighted by Gasteiger charge is -1.41. The number of hydrogen-bond acceptors (Lipinski definition) is 1. The molecule has 0 radical (unpaired) electrons. The van der Waals surface area contributed by atoms with Crippen LogP contribution in [-0.2, 0) is 5.15 Å². The van der Waals surface area contributed by atoms with E-state index in [1.165, 1.54) is 5.15 Å². The zero-order chi connectivity index (χ0) is 2.71. The average molecular weight is 74.0 g/mol. The van der Waals surface area contributed by atoms with Gasteiger partial charge in [-0.1, -0.05) is 0 Å². The molecule has 0 heterocycles. The van der Waals surface area contributed by atoms with Gasteiger partial charge in [0.15, 0.2) is 0 Å². The van der Waals surface area contributed by atoms with Gasteiger partial charge in [-0.2, -0.15) is 0 Å². The quantitative estimate of drug-likeness (QED) is 0.415. The van der Waals surface area contributed by atoms with Gasteiger partial charge in [0.1, 0.15) is 0 Å². The van der Waals surface area contributed by atoms with Gasteiger partial charge in [-0.15, -0.1) is 0 Å². The van der Waals surface area contributed by atoms with Crippen LogP contribution in [-0.4, -0.2) is 0 Å². The lowest BCUT2D eigenvalue weighted by Crippen LogP contribution is -1.26. The Kier molecular flexibility index (Phi) is 34.7. The summed E-state index contributed by atoms with van der Waals surface area (Å²) in [6.45, 7) is 0. The standard InChI is InChI=1S/F2O.FH/c1-3-2;/h;1H. The van der Waals surface area contributed by atoms with Crippen molar-refractivity contribution in [2.24, 2.45) is 0 Å². The summed E-state index contributed by atoms with van der Waals surface area (Å²) in [6.07, 6.45) is 0. The second-order valence-electron chi connectivity index (χ2n) is 0.0583. The van der Waals surface area contributed by atoms with Gasteiger partial charge in [-0.25, -0.2) is 0 Å². The summed E-state index contributed by atoms with van der Waals surface area (Å²) in [4.78, 5) is 0. The second kappa shape index (κ2) is 15.0. The molecule has 0 saturated carbocycles. The Balaban J connectivity index is 0. The van der Waals surface area contributed by atoms with E-state index in [1.807, 2.05) is 0 Å². The van der Waals surface area contributed by atoms with Crippen molar-refractivity contribution in [3.63, 3.8) is 0 Å². The van der Waals surface area contributed by atoms with Crippen molar-refractivity contribution >= 4 is 0 Å². The molecule has 0 amide bonds. The Hall–Kier alpha value is -0.250. The number of hydrogen-bond donors (Lipinski definition) is 0. The molecule has 0 rings (SSSR count). The van der Waals surface area contributed by atoms with Crippen molar-refractivity contribution in [3.8, 4) is 0 Å². The monoisotopic (exact) mass is 74.0 g/mol. The van der Waals surface area contributed by atoms with Crippen molar-refractivity contribution in [1.82, 2.24) is 0 Å². The fraction of sp³-hybridized carbons (Fsp3) is 0. The van der Waals surface area contributed by atoms with Crippen LogP contribution >= 0.6 is 0 Å². The van der Waals surface area contributed by atoms with E-state index in [9.17, 15) is 0 Å². The zero-order valence-corrected chi connectivity index (χ0v) is 1.57. The zero-order valence-electron chi connectivity index (χ0n) is 1.57. The molecule has 0 aliphatic heterocycles. The van der Waals surface area contributed by atoms with E-state index in [4.69, 9.17) is 9.05 Å². The number of halogens is 3. The summed E-state index contributed by atoms with van der Waals surface area (Å²) >= 11 is 0. The van der Waals surface area contributed by atoms with Gasteiger partial charge in [-0.05, 0) is 9.05 Å². The first-order valence-corrected chi connectivity index (χ1v) is 0.309. The van der Waals surface area contributed by atoms with Gasteiger partial charge in [0.05, 0.1) is 0 Å². The van der Waals surface area contributed by atoms with Crippen molar-refractivity contribution in [2.75, 3.05) is 0 Å². The van der Waals surface area contributed by atoms with E-state index in [0.717, 1.165) is 0 Å². The van der Waals surface area contributed by atoms with Gasteiger partial charge >= 0.3 is 0 Å². The van der Waals surface area contributed by atoms with Gasteiger partial charge in [0.2, 0.25) is 0 Å². The van der Waals surface area contributed by atoms with Crippen LogP contribution in [0.3, 0.4) is 0 Å². The van der Waals surface area contributed by atoms with Crippen LogP contribution in [0.4, 0.5) is 13.8 Å². The van der Waals surface area contributed by atoms with Crippen molar-refractivity contribution in [3.05, 3.63) is 0 Å². The first-order valence-electron chi connectivity index (χ1n) is 0.309. The summed E-state index contributed by atoms with van der Waals surface area (Å²) in [5.41, 5.74) is 0. The van der Waals surface area contributed by atoms with E-state index >= 15 is 0 Å². The molecule has 0 saturated heterocycles. The molecule has 4 heavy (non-hydrogen) atoms. The van der Waals surface area contributed by atoms with Gasteiger partial charge in [0, 0.05) is 5.15 Å². The SMILES string of the molecule is F.FOF. The van der Waals surface area contributed by atoms with Crippen LogP contribution in [0.2, 0.25) is 0 Å². The normalized spacial score (nSPS) is 4.50. The Morgan fingerprint density at radius 2 is 1.25 bits per heavy atom. The van der Waals surface area contributed by atoms with Crippen molar-refractivity contribution < 1.29 is 18.9 Å². The van der Waals surface area contributed by atoms with Crippen molar-refractivity contribution in [2.45, 2.75) is 0 Å². The highest BCUT2D eigenvalue weighted by Crippen LogP contribution is 1.61. The molecule has 28 valence electrons. The molecule has 0 bridgehead atoms. The van der Waals surface area contributed by atoms with Gasteiger partial charge in [0.25, 0.3) is 0 Å². The third-order valence-electron chi connectivity index (χ3n) is 0. The van der Waals surface area contributed by atoms with Gasteiger partial charge < -0.3 is 0 Å². The van der Waals surface area contributed by atoms with E-state index < -0.39 is 0 Å². The van der Waals surface area contributed by atoms with E-state index in [-0.39, 0.29) is 4.70 Å². The van der Waals surface area contributed by atoms with Crippen LogP contribution in [0, 0.1) is 0 Å². The molecule has 0 aromatic heterocycles. The minimum Gasteiger partial charge on any atom is -0.269 e. The highest BCUT2D eigenvalue weighted by atomic mass is 19.6. The molecule has 0 fully saturated rings. The fourth-order valence-electron chi connectivity index (χ4n) is 0. The minimum absolute atomic E-state index is 0. The van der Waals surface area contributed by atoms with E-state index in [1.54, 1.807) is 0 Å². The lowest BCUT2D eigenvalue weighted by molar-refractivity contribution is -0.317. The largest absolute Gasteiger partial charge is 0.269 e. The lowest BCUT2D eigenvalue weighted by atomic mass is 15.4. The van der Waals surface area contributed by atoms with E-state index in [0.29, 0.717) is 0 Å². The molecule has 0 aliphatic rings. The Morgan fingerprint density at radius 1 is 1.25 bits per heavy atom. The highest BCUT2D eigenvalue weighted by Gasteiger charge is 1.42. The highest BCUT2D eigenvalue weighted by molar-refractivity contribution is 2.51. The molecule has 4 heteroatoms. The summed E-state index contributed by atoms with van der Waals surface area (Å²) in [6, 6.07) is 0. The first-order chi connectivity index (χ1) is 1.41.